The first-order chi connectivity index (χ1) is 23.5. The fourth-order valence-corrected chi connectivity index (χ4v) is 4.50. The standard InChI is InChI=1S/C35H39F2N3O9/c1-4-48-33(44)35(36,37)26-14-10-23(11-15-26)20-29(40-34(45)49-22-25-8-6-5-7-9-25)32(43)39-28(18-19-30(41)47-3)31(42)38-21-24-12-16-27(46-2)17-13-24/h5-17,28-29H,4,18-22H2,1-3H3,(H,38,42)(H,39,43)(H,40,45)/t28-,29-/m0/s1. The highest BCUT2D eigenvalue weighted by Gasteiger charge is 2.42. The summed E-state index contributed by atoms with van der Waals surface area (Å²) < 4.78 is 48.7. The molecule has 0 spiro atoms. The number of halogens is 2. The van der Waals surface area contributed by atoms with E-state index < -0.39 is 53.4 Å². The highest BCUT2D eigenvalue weighted by molar-refractivity contribution is 5.91. The number of alkyl carbamates (subject to hydrolysis) is 1. The average molecular weight is 684 g/mol. The van der Waals surface area contributed by atoms with E-state index in [1.54, 1.807) is 54.6 Å². The van der Waals surface area contributed by atoms with E-state index >= 15 is 0 Å². The minimum absolute atomic E-state index is 0.101. The lowest BCUT2D eigenvalue weighted by atomic mass is 10.0. The molecule has 0 saturated carbocycles. The van der Waals surface area contributed by atoms with Gasteiger partial charge in [-0.1, -0.05) is 66.7 Å². The molecule has 3 rings (SSSR count). The summed E-state index contributed by atoms with van der Waals surface area (Å²) in [6.07, 6.45) is -1.50. The maximum Gasteiger partial charge on any atom is 0.408 e. The molecule has 262 valence electrons. The molecule has 14 heteroatoms. The normalized spacial score (nSPS) is 12.1. The predicted octanol–water partition coefficient (Wildman–Crippen LogP) is 3.94. The third kappa shape index (κ3) is 11.9. The number of amides is 3. The van der Waals surface area contributed by atoms with Crippen molar-refractivity contribution in [1.29, 1.82) is 0 Å². The summed E-state index contributed by atoms with van der Waals surface area (Å²) in [6, 6.07) is 17.7. The second kappa shape index (κ2) is 18.7. The largest absolute Gasteiger partial charge is 0.497 e. The van der Waals surface area contributed by atoms with Crippen LogP contribution in [-0.4, -0.2) is 62.8 Å². The first kappa shape index (κ1) is 37.9. The Hall–Kier alpha value is -5.53. The zero-order chi connectivity index (χ0) is 35.8. The molecule has 0 bridgehead atoms. The van der Waals surface area contributed by atoms with Crippen molar-refractivity contribution >= 4 is 29.8 Å². The molecule has 49 heavy (non-hydrogen) atoms. The second-order valence-corrected chi connectivity index (χ2v) is 10.7. The molecule has 0 aliphatic carbocycles. The van der Waals surface area contributed by atoms with E-state index in [4.69, 9.17) is 9.47 Å². The molecular weight excluding hydrogens is 644 g/mol. The molecular formula is C35H39F2N3O9. The zero-order valence-corrected chi connectivity index (χ0v) is 27.3. The molecule has 3 amide bonds. The van der Waals surface area contributed by atoms with Crippen LogP contribution in [0, 0.1) is 0 Å². The van der Waals surface area contributed by atoms with Gasteiger partial charge in [-0.3, -0.25) is 14.4 Å². The summed E-state index contributed by atoms with van der Waals surface area (Å²) >= 11 is 0. The van der Waals surface area contributed by atoms with Crippen molar-refractivity contribution in [2.45, 2.75) is 57.3 Å². The molecule has 0 unspecified atom stereocenters. The Morgan fingerprint density at radius 2 is 1.41 bits per heavy atom. The molecule has 3 aromatic carbocycles. The lowest BCUT2D eigenvalue weighted by molar-refractivity contribution is -0.173. The molecule has 0 aliphatic heterocycles. The molecule has 3 aromatic rings. The van der Waals surface area contributed by atoms with Crippen molar-refractivity contribution < 1.29 is 51.7 Å². The number of esters is 2. The van der Waals surface area contributed by atoms with Crippen LogP contribution in [0.5, 0.6) is 5.75 Å². The van der Waals surface area contributed by atoms with Gasteiger partial charge in [0.1, 0.15) is 24.4 Å². The third-order valence-corrected chi connectivity index (χ3v) is 7.23. The van der Waals surface area contributed by atoms with Gasteiger partial charge in [-0.25, -0.2) is 9.59 Å². The monoisotopic (exact) mass is 683 g/mol. The van der Waals surface area contributed by atoms with Gasteiger partial charge in [0.05, 0.1) is 20.8 Å². The number of hydrogen-bond acceptors (Lipinski definition) is 9. The van der Waals surface area contributed by atoms with Crippen molar-refractivity contribution in [2.24, 2.45) is 0 Å². The molecule has 0 saturated heterocycles. The lowest BCUT2D eigenvalue weighted by Gasteiger charge is -2.23. The first-order valence-corrected chi connectivity index (χ1v) is 15.4. The van der Waals surface area contributed by atoms with Gasteiger partial charge in [-0.2, -0.15) is 8.78 Å². The minimum Gasteiger partial charge on any atom is -0.497 e. The van der Waals surface area contributed by atoms with Crippen molar-refractivity contribution in [3.05, 3.63) is 101 Å². The lowest BCUT2D eigenvalue weighted by Crippen LogP contribution is -2.54. The third-order valence-electron chi connectivity index (χ3n) is 7.23. The van der Waals surface area contributed by atoms with Crippen molar-refractivity contribution in [3.63, 3.8) is 0 Å². The molecule has 0 fully saturated rings. The van der Waals surface area contributed by atoms with E-state index in [2.05, 4.69) is 25.4 Å². The second-order valence-electron chi connectivity index (χ2n) is 10.7. The fourth-order valence-electron chi connectivity index (χ4n) is 4.50. The number of nitrogens with one attached hydrogen (secondary N) is 3. The van der Waals surface area contributed by atoms with E-state index in [9.17, 15) is 32.8 Å². The predicted molar refractivity (Wildman–Crippen MR) is 172 cm³/mol. The summed E-state index contributed by atoms with van der Waals surface area (Å²) in [5.41, 5.74) is 1.14. The minimum atomic E-state index is -3.91. The van der Waals surface area contributed by atoms with Gasteiger partial charge in [0.15, 0.2) is 0 Å². The van der Waals surface area contributed by atoms with E-state index in [1.807, 2.05) is 0 Å². The van der Waals surface area contributed by atoms with Crippen molar-refractivity contribution in [2.75, 3.05) is 20.8 Å². The summed E-state index contributed by atoms with van der Waals surface area (Å²) in [7, 11) is 2.71. The van der Waals surface area contributed by atoms with Gasteiger partial charge < -0.3 is 34.9 Å². The quantitative estimate of drug-likeness (QED) is 0.142. The number of hydrogen-bond donors (Lipinski definition) is 3. The van der Waals surface area contributed by atoms with Gasteiger partial charge in [-0.05, 0) is 42.2 Å². The number of alkyl halides is 2. The Bertz CT molecular complexity index is 1550. The molecule has 0 radical (unpaired) electrons. The number of carbonyl (C=O) groups is 5. The van der Waals surface area contributed by atoms with Crippen LogP contribution in [-0.2, 0) is 58.9 Å². The van der Waals surface area contributed by atoms with Crippen molar-refractivity contribution in [1.82, 2.24) is 16.0 Å². The topological polar surface area (TPSA) is 158 Å². The van der Waals surface area contributed by atoms with Gasteiger partial charge in [0, 0.05) is 24.9 Å². The maximum atomic E-state index is 14.5. The molecule has 0 aromatic heterocycles. The fraction of sp³-hybridized carbons (Fsp3) is 0.343. The molecule has 0 heterocycles. The Balaban J connectivity index is 1.79. The molecule has 0 aliphatic rings. The first-order valence-electron chi connectivity index (χ1n) is 15.4. The van der Waals surface area contributed by atoms with Crippen LogP contribution in [0.2, 0.25) is 0 Å². The highest BCUT2D eigenvalue weighted by atomic mass is 19.3. The van der Waals surface area contributed by atoms with Gasteiger partial charge in [-0.15, -0.1) is 0 Å². The summed E-state index contributed by atoms with van der Waals surface area (Å²) in [5.74, 6) is -7.01. The Morgan fingerprint density at radius 3 is 2.02 bits per heavy atom. The number of ether oxygens (including phenoxy) is 4. The van der Waals surface area contributed by atoms with Crippen LogP contribution in [0.3, 0.4) is 0 Å². The number of methoxy groups -OCH3 is 2. The highest BCUT2D eigenvalue weighted by Crippen LogP contribution is 2.30. The number of carbonyl (C=O) groups excluding carboxylic acids is 5. The molecule has 12 nitrogen and oxygen atoms in total. The molecule has 2 atom stereocenters. The van der Waals surface area contributed by atoms with E-state index in [0.29, 0.717) is 16.9 Å². The maximum absolute atomic E-state index is 14.5. The summed E-state index contributed by atoms with van der Waals surface area (Å²) in [6.45, 7) is 1.18. The van der Waals surface area contributed by atoms with Crippen molar-refractivity contribution in [3.8, 4) is 5.75 Å². The van der Waals surface area contributed by atoms with Crippen LogP contribution in [0.15, 0.2) is 78.9 Å². The van der Waals surface area contributed by atoms with Crippen LogP contribution in [0.1, 0.15) is 42.0 Å². The van der Waals surface area contributed by atoms with E-state index in [1.165, 1.54) is 33.3 Å². The SMILES string of the molecule is CCOC(=O)C(F)(F)c1ccc(C[C@H](NC(=O)OCc2ccccc2)C(=O)N[C@@H](CCC(=O)OC)C(=O)NCc2ccc(OC)cc2)cc1. The smallest absolute Gasteiger partial charge is 0.408 e. The van der Waals surface area contributed by atoms with Crippen LogP contribution < -0.4 is 20.7 Å². The summed E-state index contributed by atoms with van der Waals surface area (Å²) in [5, 5.41) is 7.78. The Labute approximate surface area is 282 Å². The number of benzene rings is 3. The van der Waals surface area contributed by atoms with Gasteiger partial charge in [0.2, 0.25) is 11.8 Å². The van der Waals surface area contributed by atoms with Crippen LogP contribution in [0.25, 0.3) is 0 Å². The summed E-state index contributed by atoms with van der Waals surface area (Å²) in [4.78, 5) is 63.4. The molecule has 3 N–H and O–H groups in total. The Kier molecular flexibility index (Phi) is 14.5. The number of rotatable bonds is 17. The van der Waals surface area contributed by atoms with Gasteiger partial charge in [0.25, 0.3) is 0 Å². The Morgan fingerprint density at radius 1 is 0.755 bits per heavy atom. The van der Waals surface area contributed by atoms with Crippen LogP contribution >= 0.6 is 0 Å². The van der Waals surface area contributed by atoms with E-state index in [0.717, 1.165) is 17.7 Å². The average Bonchev–Trinajstić information content (AvgIpc) is 3.11. The van der Waals surface area contributed by atoms with Crippen LogP contribution in [0.4, 0.5) is 13.6 Å². The van der Waals surface area contributed by atoms with Gasteiger partial charge >= 0.3 is 24.0 Å². The zero-order valence-electron chi connectivity index (χ0n) is 27.3. The van der Waals surface area contributed by atoms with E-state index in [-0.39, 0.29) is 39.0 Å².